The van der Waals surface area contributed by atoms with Crippen LogP contribution in [0.2, 0.25) is 19.6 Å². The van der Waals surface area contributed by atoms with E-state index >= 15 is 0 Å². The summed E-state index contributed by atoms with van der Waals surface area (Å²) in [6.07, 6.45) is 5.06. The van der Waals surface area contributed by atoms with Crippen LogP contribution < -0.4 is 5.19 Å². The number of rotatable bonds is 8. The van der Waals surface area contributed by atoms with E-state index in [9.17, 15) is 0 Å². The molecule has 333 valence electrons. The van der Waals surface area contributed by atoms with Crippen molar-refractivity contribution in [3.8, 4) is 50.6 Å². The normalized spacial score (nSPS) is 11.8. The fourth-order valence-electron chi connectivity index (χ4n) is 8.84. The Morgan fingerprint density at radius 1 is 0.742 bits per heavy atom. The van der Waals surface area contributed by atoms with Crippen molar-refractivity contribution in [2.24, 2.45) is 5.92 Å². The molecule has 0 saturated heterocycles. The van der Waals surface area contributed by atoms with Gasteiger partial charge in [-0.05, 0) is 87.1 Å². The molecule has 0 saturated carbocycles. The quantitative estimate of drug-likeness (QED) is 0.112. The number of furan rings is 1. The molecule has 0 fully saturated rings. The maximum atomic E-state index is 6.55. The molecule has 0 spiro atoms. The van der Waals surface area contributed by atoms with Gasteiger partial charge in [-0.1, -0.05) is 151 Å². The number of imidazole rings is 1. The molecule has 10 rings (SSSR count). The molecule has 7 heteroatoms. The zero-order valence-corrected chi connectivity index (χ0v) is 42.7. The van der Waals surface area contributed by atoms with Crippen LogP contribution in [0.5, 0.6) is 0 Å². The summed E-state index contributed by atoms with van der Waals surface area (Å²) in [6.45, 7) is 20.6. The average Bonchev–Trinajstić information content (AvgIpc) is 3.89. The average molecular weight is 1060 g/mol. The fourth-order valence-corrected chi connectivity index (χ4v) is 10.4. The predicted octanol–water partition coefficient (Wildman–Crippen LogP) is 15.0. The number of aryl methyl sites for hydroxylation is 1. The summed E-state index contributed by atoms with van der Waals surface area (Å²) < 4.78 is 8.87. The van der Waals surface area contributed by atoms with Crippen LogP contribution in [0.3, 0.4) is 0 Å². The zero-order chi connectivity index (χ0) is 45.5. The molecule has 0 atom stereocenters. The molecule has 0 amide bonds. The van der Waals surface area contributed by atoms with Crippen LogP contribution in [-0.2, 0) is 31.9 Å². The first-order chi connectivity index (χ1) is 31.3. The van der Waals surface area contributed by atoms with Crippen molar-refractivity contribution >= 4 is 46.4 Å². The Bertz CT molecular complexity index is 3230. The van der Waals surface area contributed by atoms with Gasteiger partial charge in [0.25, 0.3) is 0 Å². The number of hydrogen-bond donors (Lipinski definition) is 0. The summed E-state index contributed by atoms with van der Waals surface area (Å²) in [5.74, 6) is 1.44. The van der Waals surface area contributed by atoms with Gasteiger partial charge in [0.2, 0.25) is 0 Å². The number of fused-ring (bicyclic) bond motifs is 4. The molecule has 0 aliphatic rings. The molecule has 6 aromatic carbocycles. The summed E-state index contributed by atoms with van der Waals surface area (Å²) in [6, 6.07) is 57.5. The zero-order valence-electron chi connectivity index (χ0n) is 39.3. The second-order valence-corrected chi connectivity index (χ2v) is 24.6. The largest absolute Gasteiger partial charge is 0.499 e. The Kier molecular flexibility index (Phi) is 13.3. The molecule has 66 heavy (non-hydrogen) atoms. The topological polar surface area (TPSA) is 56.7 Å². The van der Waals surface area contributed by atoms with E-state index in [1.807, 2.05) is 48.7 Å². The molecule has 5 nitrogen and oxygen atoms in total. The number of nitrogens with zero attached hydrogens (tertiary/aromatic N) is 4. The fraction of sp³-hybridized carbons (Fsp3) is 0.203. The van der Waals surface area contributed by atoms with Gasteiger partial charge in [0.1, 0.15) is 5.58 Å². The maximum Gasteiger partial charge on any atom is 0.139 e. The molecule has 10 aromatic rings. The Morgan fingerprint density at radius 3 is 2.02 bits per heavy atom. The second kappa shape index (κ2) is 18.9. The summed E-state index contributed by atoms with van der Waals surface area (Å²) in [7, 11) is -1.34. The van der Waals surface area contributed by atoms with Crippen molar-refractivity contribution in [2.45, 2.75) is 73.0 Å². The van der Waals surface area contributed by atoms with Crippen LogP contribution in [0.1, 0.15) is 51.3 Å². The molecule has 4 aromatic heterocycles. The van der Waals surface area contributed by atoms with Crippen molar-refractivity contribution in [1.82, 2.24) is 19.5 Å². The molecule has 1 radical (unpaired) electrons. The van der Waals surface area contributed by atoms with Crippen LogP contribution in [-0.4, -0.2) is 27.6 Å². The number of aromatic nitrogens is 4. The first-order valence-electron chi connectivity index (χ1n) is 22.7. The van der Waals surface area contributed by atoms with Crippen molar-refractivity contribution in [3.05, 3.63) is 187 Å². The summed E-state index contributed by atoms with van der Waals surface area (Å²) in [5, 5.41) is 2.48. The van der Waals surface area contributed by atoms with E-state index in [1.54, 1.807) is 0 Å². The molecule has 4 heterocycles. The molecular weight excluding hydrogens is 1000 g/mol. The van der Waals surface area contributed by atoms with Crippen LogP contribution in [0.15, 0.2) is 162 Å². The van der Waals surface area contributed by atoms with Crippen LogP contribution >= 0.6 is 0 Å². The summed E-state index contributed by atoms with van der Waals surface area (Å²) >= 11 is 0. The minimum atomic E-state index is -1.34. The van der Waals surface area contributed by atoms with Gasteiger partial charge in [0.15, 0.2) is 0 Å². The van der Waals surface area contributed by atoms with Crippen molar-refractivity contribution in [1.29, 1.82) is 0 Å². The molecule has 0 aliphatic heterocycles. The van der Waals surface area contributed by atoms with Crippen LogP contribution in [0, 0.1) is 25.0 Å². The van der Waals surface area contributed by atoms with Crippen LogP contribution in [0.25, 0.3) is 83.7 Å². The molecule has 0 aliphatic carbocycles. The minimum absolute atomic E-state index is 0. The standard InChI is InChI=1S/C41H32N3O.C18H24NSi.Ir/c1-26-21-22-30(39-36(26)37-35(45-39)20-13-23-42-37)40-43-33-18-11-12-19-34(33)44(40)38-31(27-14-7-5-8-15-27)24-29(41(2,3)4)25-32(38)28-16-9-6-10-17-28;1-14(2)11-16-12-17(15-9-7-6-8-10-15)19-13-18(16)20(3,4)5;/h5-21,23-25H,1-4H3;6-9,12-14H,11H2,1-5H3;/q2*-1;. The van der Waals surface area contributed by atoms with Gasteiger partial charge in [-0.25, -0.2) is 0 Å². The Hall–Kier alpha value is -6.24. The van der Waals surface area contributed by atoms with E-state index in [2.05, 4.69) is 192 Å². The van der Waals surface area contributed by atoms with E-state index in [4.69, 9.17) is 14.4 Å². The maximum absolute atomic E-state index is 6.55. The van der Waals surface area contributed by atoms with E-state index in [-0.39, 0.29) is 25.5 Å². The predicted molar refractivity (Wildman–Crippen MR) is 275 cm³/mol. The first kappa shape index (κ1) is 46.3. The van der Waals surface area contributed by atoms with E-state index in [0.29, 0.717) is 5.92 Å². The van der Waals surface area contributed by atoms with Gasteiger partial charge in [-0.2, -0.15) is 0 Å². The third kappa shape index (κ3) is 9.26. The van der Waals surface area contributed by atoms with Crippen molar-refractivity contribution < 1.29 is 24.5 Å². The minimum Gasteiger partial charge on any atom is -0.499 e. The van der Waals surface area contributed by atoms with Crippen molar-refractivity contribution in [3.63, 3.8) is 0 Å². The third-order valence-electron chi connectivity index (χ3n) is 12.1. The van der Waals surface area contributed by atoms with E-state index < -0.39 is 8.07 Å². The monoisotopic (exact) mass is 1060 g/mol. The SMILES string of the molecule is CC(C)Cc1cc(-c2[c-]cccc2)ncc1[Si](C)(C)C.Cc1c[c-]c(-c2nc3ccccc3n2-c2c(-c3ccccc3)cc(C(C)(C)C)cc2-c2ccccc2)c2oc3cccnc3c12.[Ir]. The Labute approximate surface area is 404 Å². The van der Waals surface area contributed by atoms with Gasteiger partial charge in [-0.3, -0.25) is 9.97 Å². The van der Waals surface area contributed by atoms with Gasteiger partial charge in [0.05, 0.1) is 41.7 Å². The van der Waals surface area contributed by atoms with Gasteiger partial charge >= 0.3 is 0 Å². The van der Waals surface area contributed by atoms with Crippen LogP contribution in [0.4, 0.5) is 0 Å². The number of para-hydroxylation sites is 2. The Morgan fingerprint density at radius 2 is 1.39 bits per heavy atom. The first-order valence-corrected chi connectivity index (χ1v) is 26.2. The number of pyridine rings is 2. The molecule has 0 N–H and O–H groups in total. The van der Waals surface area contributed by atoms with Crippen molar-refractivity contribution in [2.75, 3.05) is 0 Å². The smallest absolute Gasteiger partial charge is 0.139 e. The number of benzene rings is 6. The number of hydrogen-bond acceptors (Lipinski definition) is 4. The van der Waals surface area contributed by atoms with Gasteiger partial charge < -0.3 is 14.0 Å². The summed E-state index contributed by atoms with van der Waals surface area (Å²) in [5.41, 5.74) is 16.6. The molecule has 0 bridgehead atoms. The third-order valence-corrected chi connectivity index (χ3v) is 14.1. The van der Waals surface area contributed by atoms with E-state index in [1.165, 1.54) is 16.3 Å². The van der Waals surface area contributed by atoms with Gasteiger partial charge in [0, 0.05) is 43.6 Å². The molecule has 0 unspecified atom stereocenters. The second-order valence-electron chi connectivity index (χ2n) is 19.5. The summed E-state index contributed by atoms with van der Waals surface area (Å²) in [4.78, 5) is 14.7. The van der Waals surface area contributed by atoms with E-state index in [0.717, 1.165) is 95.7 Å². The van der Waals surface area contributed by atoms with Gasteiger partial charge in [-0.15, -0.1) is 53.6 Å². The molecular formula is C59H56IrN4OSi-2. The Balaban J connectivity index is 0.000000238.